The number of amides is 1. The Balaban J connectivity index is 1.55. The predicted octanol–water partition coefficient (Wildman–Crippen LogP) is 5.20. The number of rotatable bonds is 6. The van der Waals surface area contributed by atoms with Crippen LogP contribution in [0.15, 0.2) is 42.5 Å². The molecular weight excluding hydrogens is 366 g/mol. The minimum Gasteiger partial charge on any atom is -0.481 e. The minimum absolute atomic E-state index is 0.0266. The Morgan fingerprint density at radius 1 is 1.00 bits per heavy atom. The van der Waals surface area contributed by atoms with Crippen molar-refractivity contribution >= 4 is 17.6 Å². The van der Waals surface area contributed by atoms with Gasteiger partial charge in [-0.3, -0.25) is 4.79 Å². The van der Waals surface area contributed by atoms with E-state index in [2.05, 4.69) is 5.32 Å². The number of anilines is 1. The molecule has 1 fully saturated rings. The average Bonchev–Trinajstić information content (AvgIpc) is 2.72. The molecule has 0 bridgehead atoms. The van der Waals surface area contributed by atoms with Crippen molar-refractivity contribution in [1.82, 2.24) is 0 Å². The smallest absolute Gasteiger partial charge is 0.338 e. The van der Waals surface area contributed by atoms with Gasteiger partial charge in [-0.05, 0) is 87.9 Å². The fraction of sp³-hybridized carbons (Fsp3) is 0.417. The number of esters is 1. The van der Waals surface area contributed by atoms with E-state index in [9.17, 15) is 9.59 Å². The zero-order chi connectivity index (χ0) is 20.8. The summed E-state index contributed by atoms with van der Waals surface area (Å²) in [5, 5.41) is 2.83. The van der Waals surface area contributed by atoms with Crippen molar-refractivity contribution in [2.24, 2.45) is 0 Å². The van der Waals surface area contributed by atoms with E-state index < -0.39 is 6.10 Å². The fourth-order valence-corrected chi connectivity index (χ4v) is 3.43. The van der Waals surface area contributed by atoms with Crippen LogP contribution in [0.5, 0.6) is 5.75 Å². The van der Waals surface area contributed by atoms with Crippen molar-refractivity contribution in [2.45, 2.75) is 65.1 Å². The van der Waals surface area contributed by atoms with Crippen LogP contribution in [0, 0.1) is 13.8 Å². The van der Waals surface area contributed by atoms with Gasteiger partial charge in [0.15, 0.2) is 6.10 Å². The molecule has 0 radical (unpaired) electrons. The first-order valence-corrected chi connectivity index (χ1v) is 10.3. The standard InChI is InChI=1S/C24H29NO4/c1-16-8-7-11-22(17(16)2)28-18(3)23(26)25-20-14-12-19(13-15-20)24(27)29-21-9-5-4-6-10-21/h7-8,11-15,18,21H,4-6,9-10H2,1-3H3,(H,25,26). The van der Waals surface area contributed by atoms with Gasteiger partial charge < -0.3 is 14.8 Å². The molecular formula is C24H29NO4. The summed E-state index contributed by atoms with van der Waals surface area (Å²) in [6.45, 7) is 5.70. The first-order chi connectivity index (χ1) is 13.9. The van der Waals surface area contributed by atoms with Crippen molar-refractivity contribution < 1.29 is 19.1 Å². The van der Waals surface area contributed by atoms with E-state index in [-0.39, 0.29) is 18.0 Å². The summed E-state index contributed by atoms with van der Waals surface area (Å²) in [7, 11) is 0. The second-order valence-electron chi connectivity index (χ2n) is 7.69. The number of hydrogen-bond donors (Lipinski definition) is 1. The number of carbonyl (C=O) groups is 2. The van der Waals surface area contributed by atoms with Crippen LogP contribution >= 0.6 is 0 Å². The summed E-state index contributed by atoms with van der Waals surface area (Å²) in [6, 6.07) is 12.5. The highest BCUT2D eigenvalue weighted by atomic mass is 16.5. The number of benzene rings is 2. The molecule has 3 rings (SSSR count). The molecule has 1 N–H and O–H groups in total. The first-order valence-electron chi connectivity index (χ1n) is 10.3. The van der Waals surface area contributed by atoms with Gasteiger partial charge in [-0.15, -0.1) is 0 Å². The Bertz CT molecular complexity index is 854. The topological polar surface area (TPSA) is 64.6 Å². The molecule has 5 heteroatoms. The maximum Gasteiger partial charge on any atom is 0.338 e. The van der Waals surface area contributed by atoms with Gasteiger partial charge in [-0.1, -0.05) is 18.6 Å². The lowest BCUT2D eigenvalue weighted by atomic mass is 9.98. The van der Waals surface area contributed by atoms with Crippen molar-refractivity contribution in [2.75, 3.05) is 5.32 Å². The highest BCUT2D eigenvalue weighted by Crippen LogP contribution is 2.23. The molecule has 2 aromatic rings. The monoisotopic (exact) mass is 395 g/mol. The summed E-state index contributed by atoms with van der Waals surface area (Å²) < 4.78 is 11.4. The molecule has 0 aromatic heterocycles. The normalized spacial score (nSPS) is 15.4. The van der Waals surface area contributed by atoms with Crippen LogP contribution in [-0.4, -0.2) is 24.1 Å². The molecule has 154 valence electrons. The zero-order valence-electron chi connectivity index (χ0n) is 17.4. The SMILES string of the molecule is Cc1cccc(OC(C)C(=O)Nc2ccc(C(=O)OC3CCCCC3)cc2)c1C. The minimum atomic E-state index is -0.647. The van der Waals surface area contributed by atoms with E-state index >= 15 is 0 Å². The van der Waals surface area contributed by atoms with Crippen LogP contribution < -0.4 is 10.1 Å². The van der Waals surface area contributed by atoms with Gasteiger partial charge in [0.2, 0.25) is 0 Å². The quantitative estimate of drug-likeness (QED) is 0.683. The van der Waals surface area contributed by atoms with Gasteiger partial charge in [0, 0.05) is 5.69 Å². The molecule has 1 aliphatic rings. The first kappa shape index (κ1) is 20.9. The summed E-state index contributed by atoms with van der Waals surface area (Å²) >= 11 is 0. The molecule has 0 aliphatic heterocycles. The van der Waals surface area contributed by atoms with Crippen LogP contribution in [0.3, 0.4) is 0 Å². The fourth-order valence-electron chi connectivity index (χ4n) is 3.43. The van der Waals surface area contributed by atoms with Crippen LogP contribution in [0.1, 0.15) is 60.5 Å². The third kappa shape index (κ3) is 5.59. The van der Waals surface area contributed by atoms with Gasteiger partial charge in [-0.2, -0.15) is 0 Å². The molecule has 0 heterocycles. The maximum atomic E-state index is 12.5. The molecule has 1 amide bonds. The predicted molar refractivity (Wildman–Crippen MR) is 113 cm³/mol. The van der Waals surface area contributed by atoms with Crippen molar-refractivity contribution in [3.05, 3.63) is 59.2 Å². The van der Waals surface area contributed by atoms with E-state index in [1.165, 1.54) is 6.42 Å². The molecule has 1 atom stereocenters. The largest absolute Gasteiger partial charge is 0.481 e. The number of aryl methyl sites for hydroxylation is 1. The van der Waals surface area contributed by atoms with E-state index in [0.717, 1.165) is 36.8 Å². The number of hydrogen-bond acceptors (Lipinski definition) is 4. The number of ether oxygens (including phenoxy) is 2. The van der Waals surface area contributed by atoms with Crippen LogP contribution in [0.2, 0.25) is 0 Å². The third-order valence-corrected chi connectivity index (χ3v) is 5.44. The molecule has 2 aromatic carbocycles. The lowest BCUT2D eigenvalue weighted by Crippen LogP contribution is -2.30. The van der Waals surface area contributed by atoms with Gasteiger partial charge >= 0.3 is 5.97 Å². The highest BCUT2D eigenvalue weighted by Gasteiger charge is 2.19. The lowest BCUT2D eigenvalue weighted by Gasteiger charge is -2.21. The molecule has 1 saturated carbocycles. The Morgan fingerprint density at radius 3 is 2.38 bits per heavy atom. The second-order valence-corrected chi connectivity index (χ2v) is 7.69. The second kappa shape index (κ2) is 9.59. The van der Waals surface area contributed by atoms with Gasteiger partial charge in [-0.25, -0.2) is 4.79 Å². The number of carbonyl (C=O) groups excluding carboxylic acids is 2. The Labute approximate surface area is 172 Å². The maximum absolute atomic E-state index is 12.5. The van der Waals surface area contributed by atoms with E-state index in [0.29, 0.717) is 17.0 Å². The van der Waals surface area contributed by atoms with Crippen LogP contribution in [0.4, 0.5) is 5.69 Å². The average molecular weight is 395 g/mol. The van der Waals surface area contributed by atoms with Crippen LogP contribution in [-0.2, 0) is 9.53 Å². The molecule has 1 unspecified atom stereocenters. The Morgan fingerprint density at radius 2 is 1.69 bits per heavy atom. The molecule has 1 aliphatic carbocycles. The van der Waals surface area contributed by atoms with Gasteiger partial charge in [0.25, 0.3) is 5.91 Å². The van der Waals surface area contributed by atoms with Crippen molar-refractivity contribution in [1.29, 1.82) is 0 Å². The van der Waals surface area contributed by atoms with E-state index in [1.54, 1.807) is 31.2 Å². The highest BCUT2D eigenvalue weighted by molar-refractivity contribution is 5.95. The Kier molecular flexibility index (Phi) is 6.91. The molecule has 5 nitrogen and oxygen atoms in total. The Hall–Kier alpha value is -2.82. The zero-order valence-corrected chi connectivity index (χ0v) is 17.4. The molecule has 29 heavy (non-hydrogen) atoms. The summed E-state index contributed by atoms with van der Waals surface area (Å²) in [5.74, 6) is 0.151. The van der Waals surface area contributed by atoms with Crippen molar-refractivity contribution in [3.63, 3.8) is 0 Å². The number of nitrogens with one attached hydrogen (secondary N) is 1. The van der Waals surface area contributed by atoms with Gasteiger partial charge in [0.05, 0.1) is 5.56 Å². The van der Waals surface area contributed by atoms with Crippen LogP contribution in [0.25, 0.3) is 0 Å². The van der Waals surface area contributed by atoms with Gasteiger partial charge in [0.1, 0.15) is 11.9 Å². The van der Waals surface area contributed by atoms with E-state index in [4.69, 9.17) is 9.47 Å². The van der Waals surface area contributed by atoms with E-state index in [1.807, 2.05) is 32.0 Å². The third-order valence-electron chi connectivity index (χ3n) is 5.44. The molecule has 0 spiro atoms. The summed E-state index contributed by atoms with van der Waals surface area (Å²) in [5.41, 5.74) is 3.24. The summed E-state index contributed by atoms with van der Waals surface area (Å²) in [4.78, 5) is 24.8. The lowest BCUT2D eigenvalue weighted by molar-refractivity contribution is -0.122. The molecule has 0 saturated heterocycles. The summed E-state index contributed by atoms with van der Waals surface area (Å²) in [6.07, 6.45) is 4.71. The van der Waals surface area contributed by atoms with Crippen molar-refractivity contribution in [3.8, 4) is 5.75 Å².